The molecule has 2 aromatic rings. The third kappa shape index (κ3) is 5.50. The summed E-state index contributed by atoms with van der Waals surface area (Å²) in [7, 11) is -3.78. The monoisotopic (exact) mass is 385 g/mol. The van der Waals surface area contributed by atoms with E-state index in [0.717, 1.165) is 22.7 Å². The van der Waals surface area contributed by atoms with Gasteiger partial charge in [0.2, 0.25) is 10.0 Å². The topological polar surface area (TPSA) is 92.5 Å². The SMILES string of the molecule is CC.CS(=O)(=O)N(Cc1ccc(C(=O)NN)cc1F)c1cccc(F)c1. The van der Waals surface area contributed by atoms with E-state index in [0.29, 0.717) is 0 Å². The summed E-state index contributed by atoms with van der Waals surface area (Å²) in [6.07, 6.45) is 0.937. The van der Waals surface area contributed by atoms with Gasteiger partial charge in [-0.2, -0.15) is 0 Å². The Balaban J connectivity index is 0.00000163. The molecule has 0 aliphatic rings. The Morgan fingerprint density at radius 2 is 1.81 bits per heavy atom. The van der Waals surface area contributed by atoms with Gasteiger partial charge in [0, 0.05) is 11.1 Å². The maximum atomic E-state index is 14.2. The molecule has 0 aliphatic carbocycles. The van der Waals surface area contributed by atoms with Gasteiger partial charge in [-0.3, -0.25) is 14.5 Å². The van der Waals surface area contributed by atoms with Crippen LogP contribution in [0.15, 0.2) is 42.5 Å². The second-order valence-corrected chi connectivity index (χ2v) is 6.94. The van der Waals surface area contributed by atoms with E-state index in [-0.39, 0.29) is 23.4 Å². The molecule has 0 heterocycles. The number of carbonyl (C=O) groups is 1. The fourth-order valence-electron chi connectivity index (χ4n) is 2.09. The molecule has 0 bridgehead atoms. The molecule has 0 aliphatic heterocycles. The standard InChI is InChI=1S/C15H15F2N3O3S.C2H6/c1-24(22,23)20(13-4-2-3-12(16)8-13)9-11-6-5-10(7-14(11)17)15(21)19-18;1-2/h2-8H,9,18H2,1H3,(H,19,21);1-2H3. The molecule has 0 saturated heterocycles. The molecule has 2 aromatic carbocycles. The van der Waals surface area contributed by atoms with E-state index in [9.17, 15) is 22.0 Å². The van der Waals surface area contributed by atoms with Crippen molar-refractivity contribution in [2.24, 2.45) is 5.84 Å². The second kappa shape index (κ2) is 9.25. The summed E-state index contributed by atoms with van der Waals surface area (Å²) >= 11 is 0. The lowest BCUT2D eigenvalue weighted by molar-refractivity contribution is 0.0953. The lowest BCUT2D eigenvalue weighted by Crippen LogP contribution is -2.31. The minimum absolute atomic E-state index is 0.00425. The van der Waals surface area contributed by atoms with Gasteiger partial charge in [0.05, 0.1) is 18.5 Å². The first kappa shape index (κ1) is 21.5. The summed E-state index contributed by atoms with van der Waals surface area (Å²) in [5, 5.41) is 0. The molecule has 0 aromatic heterocycles. The van der Waals surface area contributed by atoms with E-state index in [2.05, 4.69) is 0 Å². The molecule has 9 heteroatoms. The van der Waals surface area contributed by atoms with E-state index in [1.54, 1.807) is 0 Å². The number of sulfonamides is 1. The van der Waals surface area contributed by atoms with Gasteiger partial charge >= 0.3 is 0 Å². The fraction of sp³-hybridized carbons (Fsp3) is 0.235. The number of amides is 1. The van der Waals surface area contributed by atoms with Gasteiger partial charge in [-0.05, 0) is 30.3 Å². The van der Waals surface area contributed by atoms with Gasteiger partial charge in [0.1, 0.15) is 11.6 Å². The Kier molecular flexibility index (Phi) is 7.66. The second-order valence-electron chi connectivity index (χ2n) is 5.03. The minimum Gasteiger partial charge on any atom is -0.290 e. The molecule has 26 heavy (non-hydrogen) atoms. The van der Waals surface area contributed by atoms with Gasteiger partial charge in [0.25, 0.3) is 5.91 Å². The van der Waals surface area contributed by atoms with Crippen LogP contribution in [-0.2, 0) is 16.6 Å². The van der Waals surface area contributed by atoms with E-state index >= 15 is 0 Å². The molecular weight excluding hydrogens is 364 g/mol. The molecule has 0 radical (unpaired) electrons. The lowest BCUT2D eigenvalue weighted by Gasteiger charge is -2.23. The van der Waals surface area contributed by atoms with Gasteiger partial charge in [-0.15, -0.1) is 0 Å². The van der Waals surface area contributed by atoms with E-state index in [1.165, 1.54) is 30.3 Å². The van der Waals surface area contributed by atoms with Crippen LogP contribution in [0.4, 0.5) is 14.5 Å². The Hall–Kier alpha value is -2.52. The van der Waals surface area contributed by atoms with Gasteiger partial charge in [0.15, 0.2) is 0 Å². The van der Waals surface area contributed by atoms with Gasteiger partial charge in [-0.1, -0.05) is 26.0 Å². The van der Waals surface area contributed by atoms with Crippen LogP contribution in [0.1, 0.15) is 29.8 Å². The number of benzene rings is 2. The maximum absolute atomic E-state index is 14.2. The highest BCUT2D eigenvalue weighted by atomic mass is 32.2. The number of nitrogens with zero attached hydrogens (tertiary/aromatic N) is 1. The molecular formula is C17H21F2N3O3S. The van der Waals surface area contributed by atoms with Crippen LogP contribution in [0.2, 0.25) is 0 Å². The number of rotatable bonds is 5. The number of hydrazine groups is 1. The van der Waals surface area contributed by atoms with Crippen molar-refractivity contribution in [2.75, 3.05) is 10.6 Å². The summed E-state index contributed by atoms with van der Waals surface area (Å²) < 4.78 is 52.4. The van der Waals surface area contributed by atoms with Gasteiger partial charge < -0.3 is 0 Å². The van der Waals surface area contributed by atoms with Crippen molar-refractivity contribution in [3.8, 4) is 0 Å². The number of anilines is 1. The number of nitrogens with one attached hydrogen (secondary N) is 1. The average molecular weight is 385 g/mol. The number of nitrogens with two attached hydrogens (primary N) is 1. The molecule has 6 nitrogen and oxygen atoms in total. The average Bonchev–Trinajstić information content (AvgIpc) is 2.60. The summed E-state index contributed by atoms with van der Waals surface area (Å²) in [5.41, 5.74) is 1.96. The van der Waals surface area contributed by atoms with E-state index in [4.69, 9.17) is 5.84 Å². The summed E-state index contributed by atoms with van der Waals surface area (Å²) in [6, 6.07) is 8.50. The molecule has 142 valence electrons. The van der Waals surface area contributed by atoms with Crippen molar-refractivity contribution in [3.05, 3.63) is 65.2 Å². The molecule has 0 unspecified atom stereocenters. The van der Waals surface area contributed by atoms with Crippen LogP contribution in [0.5, 0.6) is 0 Å². The summed E-state index contributed by atoms with van der Waals surface area (Å²) in [5.74, 6) is 2.91. The molecule has 0 fully saturated rings. The fourth-order valence-corrected chi connectivity index (χ4v) is 2.96. The largest absolute Gasteiger partial charge is 0.290 e. The zero-order chi connectivity index (χ0) is 19.9. The highest BCUT2D eigenvalue weighted by Crippen LogP contribution is 2.23. The molecule has 2 rings (SSSR count). The first-order valence-electron chi connectivity index (χ1n) is 7.75. The predicted molar refractivity (Wildman–Crippen MR) is 96.8 cm³/mol. The molecule has 0 atom stereocenters. The van der Waals surface area contributed by atoms with Crippen molar-refractivity contribution >= 4 is 21.6 Å². The van der Waals surface area contributed by atoms with Gasteiger partial charge in [-0.25, -0.2) is 23.0 Å². The molecule has 0 saturated carbocycles. The third-order valence-corrected chi connectivity index (χ3v) is 4.40. The van der Waals surface area contributed by atoms with Crippen molar-refractivity contribution in [2.45, 2.75) is 20.4 Å². The number of hydrogen-bond acceptors (Lipinski definition) is 4. The zero-order valence-corrected chi connectivity index (χ0v) is 15.5. The highest BCUT2D eigenvalue weighted by molar-refractivity contribution is 7.92. The zero-order valence-electron chi connectivity index (χ0n) is 14.7. The minimum atomic E-state index is -3.78. The smallest absolute Gasteiger partial charge is 0.265 e. The Morgan fingerprint density at radius 3 is 2.31 bits per heavy atom. The molecule has 0 spiro atoms. The Morgan fingerprint density at radius 1 is 1.15 bits per heavy atom. The summed E-state index contributed by atoms with van der Waals surface area (Å²) in [6.45, 7) is 3.65. The quantitative estimate of drug-likeness (QED) is 0.470. The Labute approximate surface area is 151 Å². The van der Waals surface area contributed by atoms with Crippen LogP contribution in [0.3, 0.4) is 0 Å². The van der Waals surface area contributed by atoms with Crippen LogP contribution in [0, 0.1) is 11.6 Å². The highest BCUT2D eigenvalue weighted by Gasteiger charge is 2.20. The predicted octanol–water partition coefficient (Wildman–Crippen LogP) is 2.56. The van der Waals surface area contributed by atoms with Crippen molar-refractivity contribution < 1.29 is 22.0 Å². The van der Waals surface area contributed by atoms with Crippen LogP contribution in [-0.4, -0.2) is 20.6 Å². The van der Waals surface area contributed by atoms with Crippen molar-refractivity contribution in [1.82, 2.24) is 5.43 Å². The number of nitrogen functional groups attached to an aromatic ring is 1. The van der Waals surface area contributed by atoms with E-state index in [1.807, 2.05) is 19.3 Å². The number of carbonyl (C=O) groups excluding carboxylic acids is 1. The van der Waals surface area contributed by atoms with Crippen LogP contribution in [0.25, 0.3) is 0 Å². The van der Waals surface area contributed by atoms with Crippen molar-refractivity contribution in [1.29, 1.82) is 0 Å². The van der Waals surface area contributed by atoms with Crippen molar-refractivity contribution in [3.63, 3.8) is 0 Å². The number of halogens is 2. The lowest BCUT2D eigenvalue weighted by atomic mass is 10.1. The molecule has 3 N–H and O–H groups in total. The Bertz CT molecular complexity index is 873. The normalized spacial score (nSPS) is 10.5. The number of hydrogen-bond donors (Lipinski definition) is 2. The maximum Gasteiger partial charge on any atom is 0.265 e. The third-order valence-electron chi connectivity index (χ3n) is 3.26. The first-order chi connectivity index (χ1) is 12.2. The van der Waals surface area contributed by atoms with E-state index < -0.39 is 27.6 Å². The molecule has 1 amide bonds. The summed E-state index contributed by atoms with van der Waals surface area (Å²) in [4.78, 5) is 11.4. The van der Waals surface area contributed by atoms with Crippen LogP contribution < -0.4 is 15.6 Å². The van der Waals surface area contributed by atoms with Crippen LogP contribution >= 0.6 is 0 Å². The first-order valence-corrected chi connectivity index (χ1v) is 9.60.